The second-order valence-electron chi connectivity index (χ2n) is 6.41. The fraction of sp³-hybridized carbons (Fsp3) is 0.316. The Morgan fingerprint density at radius 2 is 1.96 bits per heavy atom. The Kier molecular flexibility index (Phi) is 4.13. The van der Waals surface area contributed by atoms with E-state index in [2.05, 4.69) is 9.97 Å². The smallest absolute Gasteiger partial charge is 0.264 e. The zero-order chi connectivity index (χ0) is 17.4. The van der Waals surface area contributed by atoms with Crippen molar-refractivity contribution in [3.05, 3.63) is 62.5 Å². The summed E-state index contributed by atoms with van der Waals surface area (Å²) in [6.45, 7) is 3.45. The minimum absolute atomic E-state index is 0.0296. The lowest BCUT2D eigenvalue weighted by Gasteiger charge is -2.14. The van der Waals surface area contributed by atoms with Crippen LogP contribution in [-0.4, -0.2) is 33.9 Å². The number of benzene rings is 1. The number of carbonyl (C=O) groups excluding carboxylic acids is 1. The lowest BCUT2D eigenvalue weighted by Crippen LogP contribution is -2.27. The summed E-state index contributed by atoms with van der Waals surface area (Å²) in [6.07, 6.45) is 2.67. The molecule has 1 fully saturated rings. The van der Waals surface area contributed by atoms with Crippen molar-refractivity contribution in [2.24, 2.45) is 0 Å². The molecule has 4 rings (SSSR count). The van der Waals surface area contributed by atoms with Crippen molar-refractivity contribution in [3.8, 4) is 0 Å². The monoisotopic (exact) mass is 353 g/mol. The van der Waals surface area contributed by atoms with Crippen LogP contribution in [0.4, 0.5) is 0 Å². The summed E-state index contributed by atoms with van der Waals surface area (Å²) < 4.78 is 0. The van der Waals surface area contributed by atoms with E-state index in [4.69, 9.17) is 0 Å². The topological polar surface area (TPSA) is 66.1 Å². The maximum Gasteiger partial charge on any atom is 0.264 e. The normalized spacial score (nSPS) is 14.4. The molecular formula is C19H19N3O2S. The third kappa shape index (κ3) is 2.98. The highest BCUT2D eigenvalue weighted by Gasteiger charge is 2.25. The quantitative estimate of drug-likeness (QED) is 0.787. The number of thiophene rings is 1. The average Bonchev–Trinajstić information content (AvgIpc) is 3.24. The molecule has 0 aliphatic carbocycles. The maximum atomic E-state index is 12.7. The van der Waals surface area contributed by atoms with Crippen LogP contribution in [0, 0.1) is 6.92 Å². The van der Waals surface area contributed by atoms with Crippen LogP contribution in [0.2, 0.25) is 0 Å². The molecule has 2 aromatic heterocycles. The van der Waals surface area contributed by atoms with Crippen LogP contribution >= 0.6 is 11.3 Å². The van der Waals surface area contributed by atoms with Gasteiger partial charge in [0.15, 0.2) is 0 Å². The van der Waals surface area contributed by atoms with Gasteiger partial charge in [0.2, 0.25) is 0 Å². The lowest BCUT2D eigenvalue weighted by atomic mass is 10.1. The van der Waals surface area contributed by atoms with Crippen molar-refractivity contribution in [1.29, 1.82) is 0 Å². The molecule has 1 aliphatic heterocycles. The number of fused-ring (bicyclic) bond motifs is 1. The molecule has 0 saturated carbocycles. The predicted octanol–water partition coefficient (Wildman–Crippen LogP) is 3.12. The zero-order valence-corrected chi connectivity index (χ0v) is 14.9. The molecule has 1 N–H and O–H groups in total. The van der Waals surface area contributed by atoms with Gasteiger partial charge in [0.25, 0.3) is 11.5 Å². The van der Waals surface area contributed by atoms with Crippen LogP contribution in [0.3, 0.4) is 0 Å². The largest absolute Gasteiger partial charge is 0.338 e. The van der Waals surface area contributed by atoms with Gasteiger partial charge in [0.05, 0.1) is 10.3 Å². The number of rotatable bonds is 3. The van der Waals surface area contributed by atoms with Gasteiger partial charge in [-0.3, -0.25) is 9.59 Å². The molecule has 1 aliphatic rings. The van der Waals surface area contributed by atoms with E-state index < -0.39 is 0 Å². The first-order valence-electron chi connectivity index (χ1n) is 8.49. The summed E-state index contributed by atoms with van der Waals surface area (Å²) in [7, 11) is 0. The first-order valence-corrected chi connectivity index (χ1v) is 9.30. The van der Waals surface area contributed by atoms with Crippen molar-refractivity contribution in [2.75, 3.05) is 13.1 Å². The number of hydrogen-bond donors (Lipinski definition) is 1. The van der Waals surface area contributed by atoms with Crippen LogP contribution in [0.15, 0.2) is 35.1 Å². The summed E-state index contributed by atoms with van der Waals surface area (Å²) >= 11 is 1.34. The van der Waals surface area contributed by atoms with Crippen molar-refractivity contribution in [2.45, 2.75) is 26.2 Å². The Labute approximate surface area is 149 Å². The molecule has 3 aromatic rings. The van der Waals surface area contributed by atoms with Crippen LogP contribution in [-0.2, 0) is 6.42 Å². The minimum Gasteiger partial charge on any atom is -0.338 e. The highest BCUT2D eigenvalue weighted by atomic mass is 32.1. The molecule has 0 spiro atoms. The average molecular weight is 353 g/mol. The van der Waals surface area contributed by atoms with E-state index in [0.29, 0.717) is 27.3 Å². The van der Waals surface area contributed by atoms with Gasteiger partial charge in [0, 0.05) is 19.5 Å². The Morgan fingerprint density at radius 1 is 1.24 bits per heavy atom. The third-order valence-corrected chi connectivity index (χ3v) is 5.83. The van der Waals surface area contributed by atoms with E-state index in [1.807, 2.05) is 42.2 Å². The van der Waals surface area contributed by atoms with Crippen LogP contribution in [0.1, 0.15) is 39.5 Å². The van der Waals surface area contributed by atoms with E-state index in [-0.39, 0.29) is 11.5 Å². The number of likely N-dealkylation sites (tertiary alicyclic amines) is 1. The highest BCUT2D eigenvalue weighted by Crippen LogP contribution is 2.29. The molecule has 5 nitrogen and oxygen atoms in total. The van der Waals surface area contributed by atoms with Gasteiger partial charge in [0.1, 0.15) is 10.7 Å². The number of hydrogen-bond acceptors (Lipinski definition) is 4. The van der Waals surface area contributed by atoms with Gasteiger partial charge in [-0.15, -0.1) is 11.3 Å². The first kappa shape index (κ1) is 16.0. The number of aromatic nitrogens is 2. The first-order chi connectivity index (χ1) is 12.1. The Balaban J connectivity index is 1.74. The fourth-order valence-electron chi connectivity index (χ4n) is 3.33. The second-order valence-corrected chi connectivity index (χ2v) is 7.41. The van der Waals surface area contributed by atoms with Crippen molar-refractivity contribution >= 4 is 27.5 Å². The summed E-state index contributed by atoms with van der Waals surface area (Å²) in [6, 6.07) is 9.91. The molecule has 3 heterocycles. The standard InChI is InChI=1S/C19H19N3O2S/c1-12-15-17(23)20-14(11-13-7-3-2-4-8-13)21-18(15)25-16(12)19(24)22-9-5-6-10-22/h2-4,7-8H,5-6,9-11H2,1H3,(H,20,21,23). The summed E-state index contributed by atoms with van der Waals surface area (Å²) in [5.74, 6) is 0.659. The highest BCUT2D eigenvalue weighted by molar-refractivity contribution is 7.20. The molecule has 6 heteroatoms. The fourth-order valence-corrected chi connectivity index (χ4v) is 4.50. The van der Waals surface area contributed by atoms with Crippen molar-refractivity contribution < 1.29 is 4.79 Å². The summed E-state index contributed by atoms with van der Waals surface area (Å²) in [5.41, 5.74) is 1.67. The number of nitrogens with zero attached hydrogens (tertiary/aromatic N) is 2. The van der Waals surface area contributed by atoms with Crippen molar-refractivity contribution in [3.63, 3.8) is 0 Å². The molecule has 0 radical (unpaired) electrons. The maximum absolute atomic E-state index is 12.7. The van der Waals surface area contributed by atoms with Crippen LogP contribution < -0.4 is 5.56 Å². The number of H-pyrrole nitrogens is 1. The lowest BCUT2D eigenvalue weighted by molar-refractivity contribution is 0.0797. The molecule has 25 heavy (non-hydrogen) atoms. The molecule has 128 valence electrons. The van der Waals surface area contributed by atoms with Crippen LogP contribution in [0.5, 0.6) is 0 Å². The zero-order valence-electron chi connectivity index (χ0n) is 14.0. The van der Waals surface area contributed by atoms with Gasteiger partial charge in [-0.1, -0.05) is 30.3 Å². The molecule has 1 saturated heterocycles. The molecular weight excluding hydrogens is 334 g/mol. The number of aryl methyl sites for hydroxylation is 1. The number of nitrogens with one attached hydrogen (secondary N) is 1. The molecule has 1 amide bonds. The summed E-state index contributed by atoms with van der Waals surface area (Å²) in [4.78, 5) is 35.9. The Bertz CT molecular complexity index is 985. The van der Waals surface area contributed by atoms with Crippen LogP contribution in [0.25, 0.3) is 10.2 Å². The van der Waals surface area contributed by atoms with E-state index in [0.717, 1.165) is 37.1 Å². The number of aromatic amines is 1. The summed E-state index contributed by atoms with van der Waals surface area (Å²) in [5, 5.41) is 0.546. The second kappa shape index (κ2) is 6.44. The molecule has 0 unspecified atom stereocenters. The Hall–Kier alpha value is -2.47. The van der Waals surface area contributed by atoms with Gasteiger partial charge >= 0.3 is 0 Å². The van der Waals surface area contributed by atoms with E-state index in [1.54, 1.807) is 0 Å². The van der Waals surface area contributed by atoms with Gasteiger partial charge in [-0.2, -0.15) is 0 Å². The van der Waals surface area contributed by atoms with Gasteiger partial charge < -0.3 is 9.88 Å². The van der Waals surface area contributed by atoms with E-state index in [9.17, 15) is 9.59 Å². The minimum atomic E-state index is -0.162. The molecule has 0 bridgehead atoms. The Morgan fingerprint density at radius 3 is 2.68 bits per heavy atom. The number of amides is 1. The SMILES string of the molecule is Cc1c(C(=O)N2CCCC2)sc2nc(Cc3ccccc3)[nH]c(=O)c12. The predicted molar refractivity (Wildman–Crippen MR) is 99.4 cm³/mol. The van der Waals surface area contributed by atoms with E-state index in [1.165, 1.54) is 11.3 Å². The van der Waals surface area contributed by atoms with E-state index >= 15 is 0 Å². The molecule has 0 atom stereocenters. The number of carbonyl (C=O) groups is 1. The van der Waals surface area contributed by atoms with Gasteiger partial charge in [-0.25, -0.2) is 4.98 Å². The van der Waals surface area contributed by atoms with Crippen molar-refractivity contribution in [1.82, 2.24) is 14.9 Å². The van der Waals surface area contributed by atoms with Gasteiger partial charge in [-0.05, 0) is 30.9 Å². The third-order valence-electron chi connectivity index (χ3n) is 4.65. The molecule has 1 aromatic carbocycles.